The molecular weight excluding hydrogens is 1050 g/mol. The Morgan fingerprint density at radius 2 is 0.278 bits per heavy atom. The van der Waals surface area contributed by atoms with Gasteiger partial charge in [0.25, 0.3) is 0 Å². The molecular formula is C48H96O18P6. The minimum atomic E-state index is -5.98. The molecule has 18 nitrogen and oxygen atoms in total. The largest absolute Gasteiger partial charge is 0.336 e. The van der Waals surface area contributed by atoms with E-state index in [9.17, 15) is 58.7 Å². The Morgan fingerprint density at radius 3 is 0.319 bits per heavy atom. The van der Waals surface area contributed by atoms with Gasteiger partial charge in [-0.15, -0.1) is 0 Å². The molecule has 426 valence electrons. The molecule has 0 bridgehead atoms. The van der Waals surface area contributed by atoms with E-state index >= 15 is 27.4 Å². The van der Waals surface area contributed by atoms with Crippen LogP contribution in [0.3, 0.4) is 0 Å². The van der Waals surface area contributed by atoms with Gasteiger partial charge in [0.2, 0.25) is 0 Å². The molecule has 1 aromatic carbocycles. The van der Waals surface area contributed by atoms with Crippen molar-refractivity contribution in [3.05, 3.63) is 33.4 Å². The fraction of sp³-hybridized carbons (Fsp3) is 0.875. The Labute approximate surface area is 431 Å². The van der Waals surface area contributed by atoms with E-state index in [4.69, 9.17) is 0 Å². The topological polar surface area (TPSA) is 345 Å². The Morgan fingerprint density at radius 1 is 0.208 bits per heavy atom. The third kappa shape index (κ3) is 12.7. The van der Waals surface area contributed by atoms with Crippen LogP contribution >= 0.6 is 45.6 Å². The molecule has 1 rings (SSSR count). The molecule has 0 spiro atoms. The van der Waals surface area contributed by atoms with Gasteiger partial charge in [0.15, 0.2) is 0 Å². The van der Waals surface area contributed by atoms with Crippen molar-refractivity contribution >= 4 is 45.6 Å². The van der Waals surface area contributed by atoms with E-state index in [0.717, 1.165) is 0 Å². The van der Waals surface area contributed by atoms with Gasteiger partial charge in [0.1, 0.15) is 0 Å². The highest BCUT2D eigenvalue weighted by atomic mass is 31.2. The third-order valence-electron chi connectivity index (χ3n) is 15.6. The molecule has 0 amide bonds. The molecule has 0 fully saturated rings. The second kappa shape index (κ2) is 26.9. The zero-order valence-corrected chi connectivity index (χ0v) is 50.8. The van der Waals surface area contributed by atoms with E-state index in [2.05, 4.69) is 0 Å². The predicted octanol–water partition coefficient (Wildman–Crippen LogP) is 13.5. The lowest BCUT2D eigenvalue weighted by Gasteiger charge is -2.55. The van der Waals surface area contributed by atoms with E-state index in [0.29, 0.717) is 0 Å². The molecule has 0 aliphatic rings. The summed E-state index contributed by atoms with van der Waals surface area (Å²) in [6.07, 6.45) is -8.15. The van der Waals surface area contributed by atoms with Crippen molar-refractivity contribution in [2.45, 2.75) is 268 Å². The molecule has 12 N–H and O–H groups in total. The molecule has 0 saturated heterocycles. The second-order valence-corrected chi connectivity index (χ2v) is 32.4. The first-order chi connectivity index (χ1) is 33.0. The summed E-state index contributed by atoms with van der Waals surface area (Å²) in [6, 6.07) is 0. The van der Waals surface area contributed by atoms with Crippen LogP contribution in [0.5, 0.6) is 0 Å². The van der Waals surface area contributed by atoms with Gasteiger partial charge in [-0.3, -0.25) is 27.4 Å². The summed E-state index contributed by atoms with van der Waals surface area (Å²) in [5, 5.41) is -16.6. The molecule has 0 unspecified atom stereocenters. The van der Waals surface area contributed by atoms with Crippen LogP contribution in [0.1, 0.15) is 271 Å². The monoisotopic (exact) mass is 1150 g/mol. The van der Waals surface area contributed by atoms with Crippen LogP contribution in [0.4, 0.5) is 0 Å². The smallest absolute Gasteiger partial charge is 0.324 e. The molecule has 72 heavy (non-hydrogen) atoms. The molecule has 0 saturated carbocycles. The first kappa shape index (κ1) is 70.1. The first-order valence-corrected chi connectivity index (χ1v) is 36.2. The van der Waals surface area contributed by atoms with Gasteiger partial charge in [-0.1, -0.05) is 160 Å². The minimum Gasteiger partial charge on any atom is -0.324 e. The molecule has 1 aromatic rings. The van der Waals surface area contributed by atoms with E-state index in [1.807, 2.05) is 0 Å². The summed E-state index contributed by atoms with van der Waals surface area (Å²) in [6.45, 7) is 18.9. The van der Waals surface area contributed by atoms with Crippen LogP contribution < -0.4 is 0 Å². The maximum atomic E-state index is 15.5. The maximum Gasteiger partial charge on any atom is 0.336 e. The lowest BCUT2D eigenvalue weighted by Crippen LogP contribution is -2.48. The van der Waals surface area contributed by atoms with Crippen molar-refractivity contribution in [1.29, 1.82) is 0 Å². The maximum absolute atomic E-state index is 15.5. The van der Waals surface area contributed by atoms with Gasteiger partial charge >= 0.3 is 45.6 Å². The van der Waals surface area contributed by atoms with Crippen molar-refractivity contribution in [1.82, 2.24) is 0 Å². The Hall–Kier alpha value is 0.120. The summed E-state index contributed by atoms with van der Waals surface area (Å²) >= 11 is 0. The normalized spacial score (nSPS) is 14.7. The van der Waals surface area contributed by atoms with Gasteiger partial charge in [-0.25, -0.2) is 0 Å². The molecule has 0 radical (unpaired) electrons. The molecule has 0 aliphatic carbocycles. The van der Waals surface area contributed by atoms with Gasteiger partial charge in [-0.05, 0) is 110 Å². The number of hydrogen-bond donors (Lipinski definition) is 12. The number of hydrogen-bond acceptors (Lipinski definition) is 6. The zero-order chi connectivity index (χ0) is 56.4. The van der Waals surface area contributed by atoms with Crippen LogP contribution in [-0.2, 0) is 58.3 Å². The fourth-order valence-corrected chi connectivity index (χ4v) is 22.6. The standard InChI is InChI=1S/C48H96O18P6/c1-13-25-43(26-14-2,67(49,50)51)37-38(44(27-15-3,28-16-4)68(52,53)54)40(46(31-19-7,32-20-8)70(58,59)60)42(48(35-23-11,36-24-12)72(64,65)66)41(47(33-21-9,34-22-10)71(61,62)63)39(37)45(29-17-5,30-18-6)69(55,56)57/h13-36H2,1-12H3,(H2,49,50,51)(H2,52,53,54)(H2,55,56,57)(H2,58,59,60)(H2,61,62,63)(H2,64,65,66). The van der Waals surface area contributed by atoms with Crippen molar-refractivity contribution in [3.63, 3.8) is 0 Å². The molecule has 24 heteroatoms. The lowest BCUT2D eigenvalue weighted by atomic mass is 9.61. The van der Waals surface area contributed by atoms with Crippen LogP contribution in [-0.4, -0.2) is 58.7 Å². The summed E-state index contributed by atoms with van der Waals surface area (Å²) in [7, 11) is -35.9. The number of benzene rings is 1. The third-order valence-corrected chi connectivity index (χ3v) is 26.3. The fourth-order valence-electron chi connectivity index (χ4n) is 13.4. The summed E-state index contributed by atoms with van der Waals surface area (Å²) in [4.78, 5) is 150. The summed E-state index contributed by atoms with van der Waals surface area (Å²) in [5.74, 6) is 0. The predicted molar refractivity (Wildman–Crippen MR) is 288 cm³/mol. The minimum absolute atomic E-state index is 0.107. The van der Waals surface area contributed by atoms with Gasteiger partial charge in [0.05, 0.1) is 30.9 Å². The van der Waals surface area contributed by atoms with Crippen molar-refractivity contribution in [3.8, 4) is 0 Å². The quantitative estimate of drug-likeness (QED) is 0.0278. The van der Waals surface area contributed by atoms with E-state index in [-0.39, 0.29) is 77.0 Å². The van der Waals surface area contributed by atoms with Crippen molar-refractivity contribution in [2.75, 3.05) is 0 Å². The zero-order valence-electron chi connectivity index (χ0n) is 45.5. The summed E-state index contributed by atoms with van der Waals surface area (Å²) < 4.78 is 92.8. The highest BCUT2D eigenvalue weighted by Gasteiger charge is 2.68. The number of rotatable bonds is 36. The Bertz CT molecular complexity index is 1760. The highest BCUT2D eigenvalue weighted by Crippen LogP contribution is 2.81. The van der Waals surface area contributed by atoms with Gasteiger partial charge in [0, 0.05) is 0 Å². The van der Waals surface area contributed by atoms with Crippen LogP contribution in [0.25, 0.3) is 0 Å². The average molecular weight is 1150 g/mol. The van der Waals surface area contributed by atoms with Crippen LogP contribution in [0.15, 0.2) is 0 Å². The van der Waals surface area contributed by atoms with Gasteiger partial charge < -0.3 is 58.7 Å². The average Bonchev–Trinajstić information content (AvgIpc) is 3.22. The van der Waals surface area contributed by atoms with Crippen molar-refractivity contribution in [2.24, 2.45) is 0 Å². The van der Waals surface area contributed by atoms with Crippen LogP contribution in [0.2, 0.25) is 0 Å². The second-order valence-electron chi connectivity index (χ2n) is 20.7. The van der Waals surface area contributed by atoms with E-state index < -0.39 is 187 Å². The lowest BCUT2D eigenvalue weighted by molar-refractivity contribution is 0.260. The molecule has 0 heterocycles. The SMILES string of the molecule is CCCC(CCC)(c1c(C(CCC)(CCC)P(=O)(O)O)c(C(CCC)(CCC)P(=O)(O)O)c(C(CCC)(CCC)P(=O)(O)O)c(C(CCC)(CCC)P(=O)(O)O)c1C(CCC)(CCC)P(=O)(O)O)P(=O)(O)O. The Kier molecular flexibility index (Phi) is 26.2. The molecule has 0 aliphatic heterocycles. The molecule has 0 atom stereocenters. The highest BCUT2D eigenvalue weighted by molar-refractivity contribution is 7.55. The van der Waals surface area contributed by atoms with Crippen LogP contribution in [0, 0.1) is 0 Å². The van der Waals surface area contributed by atoms with Crippen molar-refractivity contribution < 1.29 is 86.1 Å². The Balaban J connectivity index is 7.29. The first-order valence-electron chi connectivity index (χ1n) is 26.6. The summed E-state index contributed by atoms with van der Waals surface area (Å²) in [5.41, 5.74) is -4.46. The van der Waals surface area contributed by atoms with E-state index in [1.165, 1.54) is 0 Å². The van der Waals surface area contributed by atoms with Gasteiger partial charge in [-0.2, -0.15) is 0 Å². The molecule has 0 aromatic heterocycles. The van der Waals surface area contributed by atoms with E-state index in [1.54, 1.807) is 83.1 Å².